The van der Waals surface area contributed by atoms with Crippen molar-refractivity contribution in [1.29, 1.82) is 0 Å². The first-order valence-electron chi connectivity index (χ1n) is 9.16. The Hall–Kier alpha value is -3.47. The number of phenolic OH excluding ortho intramolecular Hbond substituents is 1. The number of rotatable bonds is 3. The van der Waals surface area contributed by atoms with Crippen LogP contribution in [-0.2, 0) is 20.1 Å². The largest absolute Gasteiger partial charge is 0.506 e. The molecule has 5 aromatic rings. The van der Waals surface area contributed by atoms with E-state index in [2.05, 4.69) is 40.5 Å². The number of nitrogens with zero attached hydrogens (tertiary/aromatic N) is 4. The first kappa shape index (κ1) is 21.2. The van der Waals surface area contributed by atoms with Gasteiger partial charge in [0.05, 0.1) is 0 Å². The summed E-state index contributed by atoms with van der Waals surface area (Å²) in [6.45, 7) is 0. The summed E-state index contributed by atoms with van der Waals surface area (Å²) in [6.07, 6.45) is 7.14. The summed E-state index contributed by atoms with van der Waals surface area (Å²) in [4.78, 5) is 0. The van der Waals surface area contributed by atoms with Gasteiger partial charge in [-0.15, -0.1) is 11.6 Å². The van der Waals surface area contributed by atoms with Crippen LogP contribution < -0.4 is 0 Å². The minimum Gasteiger partial charge on any atom is -0.506 e. The van der Waals surface area contributed by atoms with Crippen LogP contribution >= 0.6 is 0 Å². The smallest absolute Gasteiger partial charge is 0.141 e. The molecule has 0 atom stereocenters. The zero-order valence-corrected chi connectivity index (χ0v) is 18.4. The quantitative estimate of drug-likeness (QED) is 0.313. The first-order chi connectivity index (χ1) is 14.3. The summed E-state index contributed by atoms with van der Waals surface area (Å²) in [5.41, 5.74) is 4.03. The molecule has 0 aliphatic rings. The van der Waals surface area contributed by atoms with Gasteiger partial charge in [-0.05, 0) is 35.5 Å². The maximum absolute atomic E-state index is 9.42. The maximum atomic E-state index is 9.42. The van der Waals surface area contributed by atoms with Crippen LogP contribution in [0.2, 0.25) is 0 Å². The van der Waals surface area contributed by atoms with Crippen molar-refractivity contribution < 1.29 is 25.2 Å². The minimum absolute atomic E-state index is 0. The third kappa shape index (κ3) is 5.11. The summed E-state index contributed by atoms with van der Waals surface area (Å²) in [6, 6.07) is 30.4. The molecule has 5 nitrogen and oxygen atoms in total. The van der Waals surface area contributed by atoms with Crippen LogP contribution in [0.25, 0.3) is 22.5 Å². The number of benzene rings is 3. The fourth-order valence-electron chi connectivity index (χ4n) is 2.88. The summed E-state index contributed by atoms with van der Waals surface area (Å²) in [5.74, 6) is 0.237. The number of phenols is 1. The second-order valence-corrected chi connectivity index (χ2v) is 6.22. The second kappa shape index (κ2) is 10.3. The Labute approximate surface area is 188 Å². The summed E-state index contributed by atoms with van der Waals surface area (Å²) < 4.78 is 3.43. The normalized spacial score (nSPS) is 9.87. The van der Waals surface area contributed by atoms with Gasteiger partial charge in [0, 0.05) is 44.9 Å². The molecule has 0 saturated heterocycles. The molecule has 0 amide bonds. The SMILES string of the molecule is Oc1ccccc1-n1cccn1.[Ir].[c-]1ccc(-c2ccccc2)cc1-n1cccn1. The van der Waals surface area contributed by atoms with Crippen molar-refractivity contribution in [3.05, 3.63) is 116 Å². The molecule has 30 heavy (non-hydrogen) atoms. The van der Waals surface area contributed by atoms with Gasteiger partial charge < -0.3 is 5.11 Å². The molecule has 151 valence electrons. The van der Waals surface area contributed by atoms with Crippen molar-refractivity contribution in [2.24, 2.45) is 0 Å². The van der Waals surface area contributed by atoms with Crippen molar-refractivity contribution in [3.63, 3.8) is 0 Å². The zero-order valence-electron chi connectivity index (χ0n) is 16.0. The van der Waals surface area contributed by atoms with Gasteiger partial charge in [0.2, 0.25) is 0 Å². The Bertz CT molecular complexity index is 1160. The van der Waals surface area contributed by atoms with Crippen LogP contribution in [-0.4, -0.2) is 24.7 Å². The Morgan fingerprint density at radius 3 is 2.03 bits per heavy atom. The minimum atomic E-state index is 0. The van der Waals surface area contributed by atoms with Crippen molar-refractivity contribution in [1.82, 2.24) is 19.6 Å². The van der Waals surface area contributed by atoms with E-state index in [4.69, 9.17) is 0 Å². The van der Waals surface area contributed by atoms with Crippen molar-refractivity contribution in [2.45, 2.75) is 0 Å². The van der Waals surface area contributed by atoms with Gasteiger partial charge in [-0.2, -0.15) is 28.4 Å². The summed E-state index contributed by atoms with van der Waals surface area (Å²) in [7, 11) is 0. The molecule has 1 radical (unpaired) electrons. The van der Waals surface area contributed by atoms with E-state index in [-0.39, 0.29) is 25.9 Å². The van der Waals surface area contributed by atoms with E-state index in [1.165, 1.54) is 11.1 Å². The first-order valence-corrected chi connectivity index (χ1v) is 9.16. The third-order valence-electron chi connectivity index (χ3n) is 4.28. The molecule has 6 heteroatoms. The fourth-order valence-corrected chi connectivity index (χ4v) is 2.88. The molecule has 0 saturated carbocycles. The average molecular weight is 572 g/mol. The predicted molar refractivity (Wildman–Crippen MR) is 113 cm³/mol. The van der Waals surface area contributed by atoms with Crippen molar-refractivity contribution >= 4 is 0 Å². The van der Waals surface area contributed by atoms with Gasteiger partial charge in [-0.25, -0.2) is 4.68 Å². The molecule has 0 bridgehead atoms. The van der Waals surface area contributed by atoms with Crippen LogP contribution in [0.15, 0.2) is 110 Å². The summed E-state index contributed by atoms with van der Waals surface area (Å²) >= 11 is 0. The average Bonchev–Trinajstić information content (AvgIpc) is 3.50. The van der Waals surface area contributed by atoms with E-state index in [9.17, 15) is 5.11 Å². The molecular formula is C24H19IrN4O-. The molecule has 2 aromatic heterocycles. The topological polar surface area (TPSA) is 55.9 Å². The van der Waals surface area contributed by atoms with Gasteiger partial charge in [-0.3, -0.25) is 4.68 Å². The molecule has 0 spiro atoms. The number of aromatic hydroxyl groups is 1. The van der Waals surface area contributed by atoms with Crippen molar-refractivity contribution in [3.8, 4) is 28.3 Å². The van der Waals surface area contributed by atoms with Gasteiger partial charge in [0.25, 0.3) is 0 Å². The van der Waals surface area contributed by atoms with Gasteiger partial charge in [0.1, 0.15) is 11.4 Å². The molecule has 0 aliphatic heterocycles. The van der Waals surface area contributed by atoms with Crippen LogP contribution in [0, 0.1) is 6.07 Å². The Kier molecular flexibility index (Phi) is 7.33. The van der Waals surface area contributed by atoms with E-state index >= 15 is 0 Å². The number of aromatic nitrogens is 4. The number of hydrogen-bond acceptors (Lipinski definition) is 3. The second-order valence-electron chi connectivity index (χ2n) is 6.22. The monoisotopic (exact) mass is 572 g/mol. The molecule has 2 heterocycles. The Morgan fingerprint density at radius 2 is 1.37 bits per heavy atom. The summed E-state index contributed by atoms with van der Waals surface area (Å²) in [5, 5.41) is 17.6. The van der Waals surface area contributed by atoms with Crippen molar-refractivity contribution in [2.75, 3.05) is 0 Å². The number of hydrogen-bond donors (Lipinski definition) is 1. The van der Waals surface area contributed by atoms with E-state index in [1.54, 1.807) is 35.4 Å². The Morgan fingerprint density at radius 1 is 0.700 bits per heavy atom. The predicted octanol–water partition coefficient (Wildman–Crippen LogP) is 4.91. The zero-order chi connectivity index (χ0) is 19.9. The van der Waals surface area contributed by atoms with Gasteiger partial charge in [0.15, 0.2) is 0 Å². The van der Waals surface area contributed by atoms with E-state index in [0.717, 1.165) is 5.69 Å². The molecule has 5 rings (SSSR count). The Balaban J connectivity index is 0.000000175. The van der Waals surface area contributed by atoms with E-state index in [1.807, 2.05) is 59.4 Å². The molecule has 0 unspecified atom stereocenters. The third-order valence-corrected chi connectivity index (χ3v) is 4.28. The molecule has 1 N–H and O–H groups in total. The van der Waals surface area contributed by atoms with Gasteiger partial charge >= 0.3 is 0 Å². The van der Waals surface area contributed by atoms with E-state index in [0.29, 0.717) is 5.69 Å². The molecular weight excluding hydrogens is 553 g/mol. The van der Waals surface area contributed by atoms with Crippen LogP contribution in [0.3, 0.4) is 0 Å². The standard InChI is InChI=1S/C15H11N2.C9H8N2O.Ir/c1-2-6-13(7-3-1)14-8-4-9-15(12-14)17-11-5-10-16-17;12-9-5-2-1-4-8(9)11-7-3-6-10-11;/h1-8,10-12H;1-7,12H;/q-1;;. The van der Waals surface area contributed by atoms with Crippen LogP contribution in [0.5, 0.6) is 5.75 Å². The fraction of sp³-hybridized carbons (Fsp3) is 0. The molecule has 0 aliphatic carbocycles. The maximum Gasteiger partial charge on any atom is 0.141 e. The van der Waals surface area contributed by atoms with Crippen LogP contribution in [0.1, 0.15) is 0 Å². The van der Waals surface area contributed by atoms with E-state index < -0.39 is 0 Å². The van der Waals surface area contributed by atoms with Gasteiger partial charge in [-0.1, -0.05) is 42.5 Å². The molecule has 3 aromatic carbocycles. The number of para-hydroxylation sites is 2. The molecule has 0 fully saturated rings. The van der Waals surface area contributed by atoms with Crippen LogP contribution in [0.4, 0.5) is 0 Å².